The number of rotatable bonds is 3. The Balaban J connectivity index is 3.00. The third-order valence-corrected chi connectivity index (χ3v) is 1.96. The van der Waals surface area contributed by atoms with E-state index >= 15 is 0 Å². The van der Waals surface area contributed by atoms with Crippen molar-refractivity contribution in [1.29, 1.82) is 0 Å². The van der Waals surface area contributed by atoms with Gasteiger partial charge >= 0.3 is 6.43 Å². The van der Waals surface area contributed by atoms with Crippen LogP contribution in [0, 0.1) is 0 Å². The minimum absolute atomic E-state index is 0.324. The van der Waals surface area contributed by atoms with Crippen molar-refractivity contribution >= 4 is 11.6 Å². The first-order chi connectivity index (χ1) is 7.07. The van der Waals surface area contributed by atoms with Gasteiger partial charge in [0.2, 0.25) is 0 Å². The van der Waals surface area contributed by atoms with Gasteiger partial charge in [0.15, 0.2) is 0 Å². The lowest BCUT2D eigenvalue weighted by molar-refractivity contribution is -0.128. The molecule has 0 N–H and O–H groups in total. The quantitative estimate of drug-likeness (QED) is 0.771. The number of amides is 1. The van der Waals surface area contributed by atoms with Crippen LogP contribution in [0.4, 0.5) is 14.5 Å². The SMILES string of the molecule is COc1ccccc1N(C)C(=O)C(F)F. The minimum atomic E-state index is -3.01. The van der Waals surface area contributed by atoms with Crippen molar-refractivity contribution in [1.82, 2.24) is 0 Å². The number of hydrogen-bond acceptors (Lipinski definition) is 2. The van der Waals surface area contributed by atoms with E-state index in [9.17, 15) is 13.6 Å². The topological polar surface area (TPSA) is 29.5 Å². The molecule has 0 aliphatic rings. The Bertz CT molecular complexity index is 355. The fourth-order valence-corrected chi connectivity index (χ4v) is 1.17. The van der Waals surface area contributed by atoms with Crippen molar-refractivity contribution in [2.75, 3.05) is 19.1 Å². The van der Waals surface area contributed by atoms with Crippen LogP contribution in [0.2, 0.25) is 0 Å². The summed E-state index contributed by atoms with van der Waals surface area (Å²) in [6, 6.07) is 6.49. The highest BCUT2D eigenvalue weighted by Gasteiger charge is 2.23. The zero-order valence-corrected chi connectivity index (χ0v) is 8.41. The number of ether oxygens (including phenoxy) is 1. The van der Waals surface area contributed by atoms with Crippen LogP contribution < -0.4 is 9.64 Å². The maximum atomic E-state index is 12.2. The van der Waals surface area contributed by atoms with Gasteiger partial charge in [-0.2, -0.15) is 8.78 Å². The Labute approximate surface area is 86.3 Å². The Kier molecular flexibility index (Phi) is 3.60. The van der Waals surface area contributed by atoms with Crippen molar-refractivity contribution in [3.8, 4) is 5.75 Å². The zero-order chi connectivity index (χ0) is 11.4. The first-order valence-electron chi connectivity index (χ1n) is 4.26. The van der Waals surface area contributed by atoms with Gasteiger partial charge in [-0.05, 0) is 12.1 Å². The molecule has 0 spiro atoms. The maximum absolute atomic E-state index is 12.2. The van der Waals surface area contributed by atoms with E-state index in [1.54, 1.807) is 24.3 Å². The van der Waals surface area contributed by atoms with Gasteiger partial charge in [-0.15, -0.1) is 0 Å². The second-order valence-electron chi connectivity index (χ2n) is 2.87. The summed E-state index contributed by atoms with van der Waals surface area (Å²) in [5.74, 6) is -0.867. The monoisotopic (exact) mass is 215 g/mol. The molecule has 82 valence electrons. The lowest BCUT2D eigenvalue weighted by Crippen LogP contribution is -2.32. The number of benzene rings is 1. The number of alkyl halides is 2. The normalized spacial score (nSPS) is 10.2. The summed E-state index contributed by atoms with van der Waals surface area (Å²) in [6.07, 6.45) is -3.01. The average molecular weight is 215 g/mol. The van der Waals surface area contributed by atoms with Gasteiger partial charge in [0.1, 0.15) is 5.75 Å². The Morgan fingerprint density at radius 1 is 1.40 bits per heavy atom. The number of carbonyl (C=O) groups excluding carboxylic acids is 1. The molecule has 15 heavy (non-hydrogen) atoms. The molecule has 1 amide bonds. The van der Waals surface area contributed by atoms with Crippen molar-refractivity contribution in [2.45, 2.75) is 6.43 Å². The maximum Gasteiger partial charge on any atom is 0.316 e. The van der Waals surface area contributed by atoms with E-state index in [2.05, 4.69) is 0 Å². The van der Waals surface area contributed by atoms with Gasteiger partial charge in [-0.3, -0.25) is 4.79 Å². The van der Waals surface area contributed by atoms with Gasteiger partial charge in [0.05, 0.1) is 12.8 Å². The molecule has 0 bridgehead atoms. The fraction of sp³-hybridized carbons (Fsp3) is 0.300. The first-order valence-corrected chi connectivity index (χ1v) is 4.26. The number of methoxy groups -OCH3 is 1. The summed E-state index contributed by atoms with van der Waals surface area (Å²) in [6.45, 7) is 0. The molecule has 0 aliphatic heterocycles. The Hall–Kier alpha value is -1.65. The molecule has 0 atom stereocenters. The number of carbonyl (C=O) groups is 1. The molecular weight excluding hydrogens is 204 g/mol. The molecule has 1 aromatic carbocycles. The molecule has 3 nitrogen and oxygen atoms in total. The van der Waals surface area contributed by atoms with Gasteiger partial charge in [0.25, 0.3) is 5.91 Å². The molecule has 0 heterocycles. The van der Waals surface area contributed by atoms with E-state index < -0.39 is 12.3 Å². The summed E-state index contributed by atoms with van der Waals surface area (Å²) in [7, 11) is 2.70. The van der Waals surface area contributed by atoms with E-state index in [0.29, 0.717) is 11.4 Å². The van der Waals surface area contributed by atoms with Gasteiger partial charge in [-0.25, -0.2) is 0 Å². The third-order valence-electron chi connectivity index (χ3n) is 1.96. The summed E-state index contributed by atoms with van der Waals surface area (Å²) in [5.41, 5.74) is 0.324. The average Bonchev–Trinajstić information content (AvgIpc) is 2.26. The predicted molar refractivity (Wildman–Crippen MR) is 52.4 cm³/mol. The standard InChI is InChI=1S/C10H11F2NO2/c1-13(10(14)9(11)12)7-5-3-4-6-8(7)15-2/h3-6,9H,1-2H3. The van der Waals surface area contributed by atoms with E-state index in [-0.39, 0.29) is 0 Å². The molecule has 1 aromatic rings. The summed E-state index contributed by atoms with van der Waals surface area (Å²) < 4.78 is 29.3. The van der Waals surface area contributed by atoms with Crippen LogP contribution in [0.15, 0.2) is 24.3 Å². The molecule has 0 aromatic heterocycles. The summed E-state index contributed by atoms with van der Waals surface area (Å²) >= 11 is 0. The molecule has 0 aliphatic carbocycles. The fourth-order valence-electron chi connectivity index (χ4n) is 1.17. The Morgan fingerprint density at radius 3 is 2.53 bits per heavy atom. The van der Waals surface area contributed by atoms with Crippen LogP contribution in [-0.4, -0.2) is 26.5 Å². The summed E-state index contributed by atoms with van der Waals surface area (Å²) in [4.78, 5) is 11.9. The van der Waals surface area contributed by atoms with Crippen LogP contribution in [0.25, 0.3) is 0 Å². The number of hydrogen-bond donors (Lipinski definition) is 0. The van der Waals surface area contributed by atoms with Crippen LogP contribution in [0.5, 0.6) is 5.75 Å². The zero-order valence-electron chi connectivity index (χ0n) is 8.41. The van der Waals surface area contributed by atoms with Crippen molar-refractivity contribution in [2.24, 2.45) is 0 Å². The van der Waals surface area contributed by atoms with Crippen LogP contribution in [0.3, 0.4) is 0 Å². The number of nitrogens with zero attached hydrogens (tertiary/aromatic N) is 1. The highest BCUT2D eigenvalue weighted by molar-refractivity contribution is 5.96. The second kappa shape index (κ2) is 4.72. The second-order valence-corrected chi connectivity index (χ2v) is 2.87. The van der Waals surface area contributed by atoms with Gasteiger partial charge in [-0.1, -0.05) is 12.1 Å². The number of anilines is 1. The summed E-state index contributed by atoms with van der Waals surface area (Å²) in [5, 5.41) is 0. The molecule has 0 radical (unpaired) electrons. The van der Waals surface area contributed by atoms with Gasteiger partial charge < -0.3 is 9.64 Å². The number of halogens is 2. The molecule has 5 heteroatoms. The van der Waals surface area contributed by atoms with Crippen LogP contribution in [-0.2, 0) is 4.79 Å². The molecule has 1 rings (SSSR count). The predicted octanol–water partition coefficient (Wildman–Crippen LogP) is 1.92. The lowest BCUT2D eigenvalue weighted by atomic mass is 10.2. The van der Waals surface area contributed by atoms with Gasteiger partial charge in [0, 0.05) is 7.05 Å². The molecule has 0 saturated carbocycles. The third kappa shape index (κ3) is 2.43. The van der Waals surface area contributed by atoms with E-state index in [1.807, 2.05) is 0 Å². The van der Waals surface area contributed by atoms with Crippen LogP contribution in [0.1, 0.15) is 0 Å². The highest BCUT2D eigenvalue weighted by Crippen LogP contribution is 2.27. The minimum Gasteiger partial charge on any atom is -0.495 e. The molecule has 0 fully saturated rings. The van der Waals surface area contributed by atoms with Crippen LogP contribution >= 0.6 is 0 Å². The first kappa shape index (κ1) is 11.4. The van der Waals surface area contributed by atoms with Crippen molar-refractivity contribution in [3.05, 3.63) is 24.3 Å². The lowest BCUT2D eigenvalue weighted by Gasteiger charge is -2.19. The van der Waals surface area contributed by atoms with E-state index in [1.165, 1.54) is 14.2 Å². The molecule has 0 unspecified atom stereocenters. The van der Waals surface area contributed by atoms with Crippen molar-refractivity contribution < 1.29 is 18.3 Å². The van der Waals surface area contributed by atoms with E-state index in [4.69, 9.17) is 4.74 Å². The Morgan fingerprint density at radius 2 is 2.00 bits per heavy atom. The van der Waals surface area contributed by atoms with E-state index in [0.717, 1.165) is 4.90 Å². The largest absolute Gasteiger partial charge is 0.495 e. The molecule has 0 saturated heterocycles. The molecular formula is C10H11F2NO2. The highest BCUT2D eigenvalue weighted by atomic mass is 19.3. The smallest absolute Gasteiger partial charge is 0.316 e. The van der Waals surface area contributed by atoms with Crippen molar-refractivity contribution in [3.63, 3.8) is 0 Å². The number of para-hydroxylation sites is 2.